The Labute approximate surface area is 243 Å². The summed E-state index contributed by atoms with van der Waals surface area (Å²) in [5, 5.41) is 66.7. The molecule has 236 valence electrons. The van der Waals surface area contributed by atoms with Gasteiger partial charge in [0.15, 0.2) is 0 Å². The van der Waals surface area contributed by atoms with Gasteiger partial charge in [-0.05, 0) is 98.7 Å². The van der Waals surface area contributed by atoms with Crippen molar-refractivity contribution in [2.45, 2.75) is 127 Å². The summed E-state index contributed by atoms with van der Waals surface area (Å²) in [7, 11) is 1.38. The first kappa shape index (κ1) is 31.6. The van der Waals surface area contributed by atoms with Gasteiger partial charge in [0.1, 0.15) is 36.2 Å². The quantitative estimate of drug-likeness (QED) is 0.176. The van der Waals surface area contributed by atoms with Gasteiger partial charge in [-0.3, -0.25) is 4.79 Å². The highest BCUT2D eigenvalue weighted by atomic mass is 16.6. The first-order chi connectivity index (χ1) is 19.1. The van der Waals surface area contributed by atoms with Crippen LogP contribution in [0.2, 0.25) is 0 Å². The van der Waals surface area contributed by atoms with Crippen LogP contribution in [0.15, 0.2) is 0 Å². The van der Waals surface area contributed by atoms with Gasteiger partial charge >= 0.3 is 5.97 Å². The normalized spacial score (nSPS) is 54.0. The molecule has 41 heavy (non-hydrogen) atoms. The van der Waals surface area contributed by atoms with E-state index in [0.29, 0.717) is 31.6 Å². The number of methoxy groups -OCH3 is 1. The van der Waals surface area contributed by atoms with Crippen molar-refractivity contribution >= 4 is 5.97 Å². The second-order valence-corrected chi connectivity index (χ2v) is 14.9. The summed E-state index contributed by atoms with van der Waals surface area (Å²) in [6.45, 7) is 5.93. The van der Waals surface area contributed by atoms with Crippen molar-refractivity contribution in [2.75, 3.05) is 13.7 Å². The van der Waals surface area contributed by atoms with Crippen molar-refractivity contribution < 1.29 is 44.9 Å². The number of ether oxygens (including phenoxy) is 2. The lowest BCUT2D eigenvalue weighted by Gasteiger charge is -2.68. The number of aliphatic hydroxyl groups excluding tert-OH is 4. The summed E-state index contributed by atoms with van der Waals surface area (Å²) in [4.78, 5) is 12.0. The molecule has 4 saturated carbocycles. The van der Waals surface area contributed by atoms with Crippen molar-refractivity contribution in [3.05, 3.63) is 0 Å². The molecule has 0 unspecified atom stereocenters. The zero-order valence-corrected chi connectivity index (χ0v) is 25.1. The van der Waals surface area contributed by atoms with Crippen LogP contribution in [0.5, 0.6) is 0 Å². The molecule has 4 aliphatic carbocycles. The fraction of sp³-hybridized carbons (Fsp3) is 0.968. The van der Waals surface area contributed by atoms with Crippen LogP contribution < -0.4 is 5.73 Å². The van der Waals surface area contributed by atoms with Gasteiger partial charge in [0.25, 0.3) is 0 Å². The topological polar surface area (TPSA) is 183 Å². The minimum absolute atomic E-state index is 0.0153. The third-order valence-electron chi connectivity index (χ3n) is 13.2. The fourth-order valence-electron chi connectivity index (χ4n) is 10.9. The lowest BCUT2D eigenvalue weighted by atomic mass is 9.40. The zero-order valence-electron chi connectivity index (χ0n) is 25.1. The predicted molar refractivity (Wildman–Crippen MR) is 149 cm³/mol. The standard InChI is InChI=1S/C31H53NO9/c1-16(5-10-23(34)40-4)19-8-9-20-18-7-6-17-13-30(32,38)12-11-28(17,2)21(18)14-31(39,29(19,20)3)27-26(37)25(36)24(35)22(15-33)41-27/h16-22,24-27,33,35-39H,5-15,32H2,1-4H3/t16-,17-,18+,19-,20+,21+,22-,24-,25+,26-,27-,28+,29-,30-,31-/m1/s1. The number of hydrogen-bond donors (Lipinski definition) is 7. The van der Waals surface area contributed by atoms with Gasteiger partial charge in [0.05, 0.1) is 19.3 Å². The Balaban J connectivity index is 1.57. The maximum Gasteiger partial charge on any atom is 0.305 e. The van der Waals surface area contributed by atoms with Crippen LogP contribution in [0, 0.1) is 46.3 Å². The fourth-order valence-corrected chi connectivity index (χ4v) is 10.9. The average molecular weight is 584 g/mol. The maximum atomic E-state index is 13.2. The van der Waals surface area contributed by atoms with Crippen LogP contribution in [0.3, 0.4) is 0 Å². The molecular formula is C31H53NO9. The molecule has 0 aromatic carbocycles. The summed E-state index contributed by atoms with van der Waals surface area (Å²) in [6.07, 6.45) is -0.343. The summed E-state index contributed by atoms with van der Waals surface area (Å²) >= 11 is 0. The van der Waals surface area contributed by atoms with Gasteiger partial charge in [-0.2, -0.15) is 0 Å². The van der Waals surface area contributed by atoms with Crippen molar-refractivity contribution in [3.63, 3.8) is 0 Å². The number of rotatable bonds is 6. The average Bonchev–Trinajstić information content (AvgIpc) is 3.30. The molecule has 0 bridgehead atoms. The molecule has 8 N–H and O–H groups in total. The molecule has 1 heterocycles. The number of hydrogen-bond acceptors (Lipinski definition) is 10. The highest BCUT2D eigenvalue weighted by Crippen LogP contribution is 2.72. The number of carbonyl (C=O) groups excluding carboxylic acids is 1. The third kappa shape index (κ3) is 4.80. The van der Waals surface area contributed by atoms with E-state index in [1.807, 2.05) is 0 Å². The van der Waals surface area contributed by atoms with Crippen molar-refractivity contribution in [1.82, 2.24) is 0 Å². The highest BCUT2D eigenvalue weighted by molar-refractivity contribution is 5.69. The Hall–Kier alpha value is -0.850. The smallest absolute Gasteiger partial charge is 0.305 e. The number of esters is 1. The van der Waals surface area contributed by atoms with Crippen LogP contribution in [-0.4, -0.2) is 92.2 Å². The van der Waals surface area contributed by atoms with Gasteiger partial charge < -0.3 is 45.8 Å². The SMILES string of the molecule is COC(=O)CC[C@@H](C)[C@H]1CC[C@H]2[C@@H]3CC[C@@H]4C[C@](N)(O)CC[C@]4(C)[C@H]3C[C@@](O)([C@@H]3O[C@H](CO)[C@@H](O)[C@H](O)[C@H]3O)[C@]12C. The minimum Gasteiger partial charge on any atom is -0.469 e. The second-order valence-electron chi connectivity index (χ2n) is 14.9. The molecular weight excluding hydrogens is 530 g/mol. The molecule has 1 saturated heterocycles. The number of nitrogens with two attached hydrogens (primary N) is 1. The molecule has 10 heteroatoms. The number of fused-ring (bicyclic) bond motifs is 5. The Kier molecular flexibility index (Phi) is 8.43. The van der Waals surface area contributed by atoms with E-state index in [1.54, 1.807) is 0 Å². The van der Waals surface area contributed by atoms with Crippen LogP contribution in [0.25, 0.3) is 0 Å². The minimum atomic E-state index is -1.59. The van der Waals surface area contributed by atoms with E-state index in [1.165, 1.54) is 7.11 Å². The molecule has 10 nitrogen and oxygen atoms in total. The first-order valence-corrected chi connectivity index (χ1v) is 15.8. The lowest BCUT2D eigenvalue weighted by Crippen LogP contribution is -2.74. The zero-order chi connectivity index (χ0) is 30.1. The number of aliphatic hydroxyl groups is 6. The maximum absolute atomic E-state index is 13.2. The van der Waals surface area contributed by atoms with Crippen molar-refractivity contribution in [3.8, 4) is 0 Å². The molecule has 15 atom stereocenters. The monoisotopic (exact) mass is 583 g/mol. The Morgan fingerprint density at radius 1 is 1.00 bits per heavy atom. The Morgan fingerprint density at radius 2 is 1.71 bits per heavy atom. The molecule has 0 aromatic heterocycles. The molecule has 5 aliphatic rings. The Morgan fingerprint density at radius 3 is 2.37 bits per heavy atom. The van der Waals surface area contributed by atoms with Crippen LogP contribution in [0.4, 0.5) is 0 Å². The summed E-state index contributed by atoms with van der Waals surface area (Å²) in [5.74, 6) is 0.540. The summed E-state index contributed by atoms with van der Waals surface area (Å²) < 4.78 is 11.1. The van der Waals surface area contributed by atoms with Crippen molar-refractivity contribution in [1.29, 1.82) is 0 Å². The van der Waals surface area contributed by atoms with E-state index in [4.69, 9.17) is 15.2 Å². The van der Waals surface area contributed by atoms with Crippen LogP contribution in [-0.2, 0) is 14.3 Å². The van der Waals surface area contributed by atoms with Crippen LogP contribution >= 0.6 is 0 Å². The molecule has 1 aliphatic heterocycles. The molecule has 5 rings (SSSR count). The summed E-state index contributed by atoms with van der Waals surface area (Å²) in [5.41, 5.74) is 2.55. The van der Waals surface area contributed by atoms with E-state index in [9.17, 15) is 35.4 Å². The highest BCUT2D eigenvalue weighted by Gasteiger charge is 2.73. The van der Waals surface area contributed by atoms with E-state index in [2.05, 4.69) is 20.8 Å². The number of carbonyl (C=O) groups is 1. The molecule has 0 amide bonds. The molecule has 0 radical (unpaired) electrons. The largest absolute Gasteiger partial charge is 0.469 e. The van der Waals surface area contributed by atoms with Crippen molar-refractivity contribution in [2.24, 2.45) is 52.1 Å². The van der Waals surface area contributed by atoms with E-state index >= 15 is 0 Å². The molecule has 5 fully saturated rings. The van der Waals surface area contributed by atoms with Gasteiger partial charge in [-0.1, -0.05) is 20.8 Å². The van der Waals surface area contributed by atoms with E-state index in [0.717, 1.165) is 32.1 Å². The van der Waals surface area contributed by atoms with Gasteiger partial charge in [0, 0.05) is 11.8 Å². The molecule has 0 spiro atoms. The molecule has 0 aromatic rings. The van der Waals surface area contributed by atoms with E-state index in [-0.39, 0.29) is 47.4 Å². The second kappa shape index (κ2) is 10.9. The van der Waals surface area contributed by atoms with E-state index < -0.39 is 53.9 Å². The predicted octanol–water partition coefficient (Wildman–Crippen LogP) is 1.07. The summed E-state index contributed by atoms with van der Waals surface area (Å²) in [6, 6.07) is 0. The van der Waals surface area contributed by atoms with Gasteiger partial charge in [-0.25, -0.2) is 0 Å². The van der Waals surface area contributed by atoms with Gasteiger partial charge in [-0.15, -0.1) is 0 Å². The first-order valence-electron chi connectivity index (χ1n) is 15.8. The van der Waals surface area contributed by atoms with Crippen LogP contribution in [0.1, 0.15) is 85.0 Å². The Bertz CT molecular complexity index is 977. The lowest BCUT2D eigenvalue weighted by molar-refractivity contribution is -0.324. The third-order valence-corrected chi connectivity index (χ3v) is 13.2. The van der Waals surface area contributed by atoms with Gasteiger partial charge in [0.2, 0.25) is 0 Å².